The third kappa shape index (κ3) is 3.40. The Kier molecular flexibility index (Phi) is 4.56. The van der Waals surface area contributed by atoms with Crippen LogP contribution in [0.3, 0.4) is 0 Å². The SMILES string of the molecule is COC(=O)COc1ccccc1C1CC(=O)Oc2cc(C)oc(=O)c21. The molecule has 0 fully saturated rings. The van der Waals surface area contributed by atoms with Crippen molar-refractivity contribution in [3.05, 3.63) is 57.6 Å². The number of esters is 2. The highest BCUT2D eigenvalue weighted by atomic mass is 16.6. The van der Waals surface area contributed by atoms with E-state index in [1.54, 1.807) is 31.2 Å². The highest BCUT2D eigenvalue weighted by molar-refractivity contribution is 5.78. The van der Waals surface area contributed by atoms with E-state index in [-0.39, 0.29) is 24.3 Å². The van der Waals surface area contributed by atoms with E-state index < -0.39 is 23.5 Å². The Morgan fingerprint density at radius 3 is 2.80 bits per heavy atom. The molecule has 3 rings (SSSR count). The lowest BCUT2D eigenvalue weighted by Gasteiger charge is -2.25. The van der Waals surface area contributed by atoms with Crippen molar-refractivity contribution in [3.63, 3.8) is 0 Å². The fourth-order valence-corrected chi connectivity index (χ4v) is 2.79. The summed E-state index contributed by atoms with van der Waals surface area (Å²) in [6.45, 7) is 1.33. The van der Waals surface area contributed by atoms with Crippen LogP contribution in [-0.2, 0) is 14.3 Å². The molecule has 1 aromatic carbocycles. The van der Waals surface area contributed by atoms with Gasteiger partial charge in [-0.05, 0) is 13.0 Å². The molecule has 7 heteroatoms. The summed E-state index contributed by atoms with van der Waals surface area (Å²) in [4.78, 5) is 35.6. The molecule has 1 aliphatic heterocycles. The van der Waals surface area contributed by atoms with Crippen LogP contribution >= 0.6 is 0 Å². The van der Waals surface area contributed by atoms with Crippen LogP contribution in [-0.4, -0.2) is 25.7 Å². The van der Waals surface area contributed by atoms with Crippen molar-refractivity contribution in [2.75, 3.05) is 13.7 Å². The third-order valence-corrected chi connectivity index (χ3v) is 3.88. The lowest BCUT2D eigenvalue weighted by molar-refractivity contribution is -0.143. The Morgan fingerprint density at radius 1 is 1.28 bits per heavy atom. The number of hydrogen-bond acceptors (Lipinski definition) is 7. The van der Waals surface area contributed by atoms with E-state index in [9.17, 15) is 14.4 Å². The molecule has 2 heterocycles. The Morgan fingerprint density at radius 2 is 2.04 bits per heavy atom. The van der Waals surface area contributed by atoms with Crippen LogP contribution in [0, 0.1) is 6.92 Å². The second kappa shape index (κ2) is 6.80. The molecular formula is C18H16O7. The largest absolute Gasteiger partial charge is 0.482 e. The number of aryl methyl sites for hydroxylation is 1. The average Bonchev–Trinajstić information content (AvgIpc) is 2.58. The van der Waals surface area contributed by atoms with Gasteiger partial charge in [-0.25, -0.2) is 9.59 Å². The van der Waals surface area contributed by atoms with Crippen molar-refractivity contribution in [3.8, 4) is 11.5 Å². The fourth-order valence-electron chi connectivity index (χ4n) is 2.79. The summed E-state index contributed by atoms with van der Waals surface area (Å²) in [7, 11) is 1.26. The quantitative estimate of drug-likeness (QED) is 0.783. The molecule has 7 nitrogen and oxygen atoms in total. The van der Waals surface area contributed by atoms with Gasteiger partial charge in [0.05, 0.1) is 19.1 Å². The highest BCUT2D eigenvalue weighted by Gasteiger charge is 2.34. The molecule has 0 saturated heterocycles. The number of methoxy groups -OCH3 is 1. The molecule has 0 bridgehead atoms. The van der Waals surface area contributed by atoms with Crippen molar-refractivity contribution in [2.45, 2.75) is 19.3 Å². The Hall–Kier alpha value is -3.09. The number of hydrogen-bond donors (Lipinski definition) is 0. The summed E-state index contributed by atoms with van der Waals surface area (Å²) in [5.41, 5.74) is 0.301. The van der Waals surface area contributed by atoms with Crippen LogP contribution in [0.4, 0.5) is 0 Å². The van der Waals surface area contributed by atoms with E-state index in [0.29, 0.717) is 17.1 Å². The molecule has 0 spiro atoms. The molecule has 0 amide bonds. The molecule has 0 saturated carbocycles. The van der Waals surface area contributed by atoms with Gasteiger partial charge in [0.2, 0.25) is 0 Å². The first-order valence-corrected chi connectivity index (χ1v) is 7.63. The van der Waals surface area contributed by atoms with Crippen LogP contribution < -0.4 is 15.1 Å². The predicted octanol–water partition coefficient (Wildman–Crippen LogP) is 1.94. The summed E-state index contributed by atoms with van der Waals surface area (Å²) < 4.78 is 20.4. The van der Waals surface area contributed by atoms with Gasteiger partial charge in [-0.3, -0.25) is 4.79 Å². The lowest BCUT2D eigenvalue weighted by Crippen LogP contribution is -2.27. The number of fused-ring (bicyclic) bond motifs is 1. The lowest BCUT2D eigenvalue weighted by atomic mass is 9.87. The number of carbonyl (C=O) groups is 2. The van der Waals surface area contributed by atoms with Crippen LogP contribution in [0.2, 0.25) is 0 Å². The normalized spacial score (nSPS) is 15.9. The fraction of sp³-hybridized carbons (Fsp3) is 0.278. The molecule has 0 radical (unpaired) electrons. The molecule has 0 N–H and O–H groups in total. The highest BCUT2D eigenvalue weighted by Crippen LogP contribution is 2.40. The number of para-hydroxylation sites is 1. The first kappa shape index (κ1) is 16.8. The predicted molar refractivity (Wildman–Crippen MR) is 85.8 cm³/mol. The second-order valence-electron chi connectivity index (χ2n) is 5.56. The van der Waals surface area contributed by atoms with Gasteiger partial charge in [0, 0.05) is 17.5 Å². The van der Waals surface area contributed by atoms with Crippen LogP contribution in [0.15, 0.2) is 39.5 Å². The first-order chi connectivity index (χ1) is 12.0. The summed E-state index contributed by atoms with van der Waals surface area (Å²) in [6.07, 6.45) is -0.0284. The molecule has 1 unspecified atom stereocenters. The molecule has 2 aromatic rings. The van der Waals surface area contributed by atoms with Crippen molar-refractivity contribution >= 4 is 11.9 Å². The Balaban J connectivity index is 2.05. The van der Waals surface area contributed by atoms with Crippen molar-refractivity contribution < 1.29 is 28.2 Å². The van der Waals surface area contributed by atoms with E-state index >= 15 is 0 Å². The minimum absolute atomic E-state index is 0.0284. The van der Waals surface area contributed by atoms with Gasteiger partial charge in [0.1, 0.15) is 17.3 Å². The number of ether oxygens (including phenoxy) is 3. The average molecular weight is 344 g/mol. The molecule has 0 aliphatic carbocycles. The van der Waals surface area contributed by atoms with Gasteiger partial charge in [0.15, 0.2) is 6.61 Å². The molecule has 1 atom stereocenters. The van der Waals surface area contributed by atoms with Crippen molar-refractivity contribution in [1.29, 1.82) is 0 Å². The van der Waals surface area contributed by atoms with E-state index in [1.165, 1.54) is 13.2 Å². The topological polar surface area (TPSA) is 92.0 Å². The van der Waals surface area contributed by atoms with Gasteiger partial charge >= 0.3 is 17.6 Å². The monoisotopic (exact) mass is 344 g/mol. The number of carbonyl (C=O) groups excluding carboxylic acids is 2. The maximum absolute atomic E-state index is 12.3. The van der Waals surface area contributed by atoms with Crippen molar-refractivity contribution in [1.82, 2.24) is 0 Å². The van der Waals surface area contributed by atoms with Gasteiger partial charge in [-0.2, -0.15) is 0 Å². The zero-order valence-electron chi connectivity index (χ0n) is 13.7. The minimum atomic E-state index is -0.582. The van der Waals surface area contributed by atoms with E-state index in [0.717, 1.165) is 0 Å². The van der Waals surface area contributed by atoms with Crippen LogP contribution in [0.1, 0.15) is 29.2 Å². The summed E-state index contributed by atoms with van der Waals surface area (Å²) in [5, 5.41) is 0. The zero-order chi connectivity index (χ0) is 18.0. The summed E-state index contributed by atoms with van der Waals surface area (Å²) in [6, 6.07) is 8.40. The van der Waals surface area contributed by atoms with E-state index in [2.05, 4.69) is 4.74 Å². The number of rotatable bonds is 4. The molecule has 1 aromatic heterocycles. The molecule has 1 aliphatic rings. The van der Waals surface area contributed by atoms with E-state index in [4.69, 9.17) is 13.9 Å². The van der Waals surface area contributed by atoms with Crippen LogP contribution in [0.25, 0.3) is 0 Å². The standard InChI is InChI=1S/C18H16O7/c1-10-7-14-17(18(21)24-10)12(8-15(19)25-14)11-5-3-4-6-13(11)23-9-16(20)22-2/h3-7,12H,8-9H2,1-2H3. The maximum Gasteiger partial charge on any atom is 0.343 e. The minimum Gasteiger partial charge on any atom is -0.482 e. The summed E-state index contributed by atoms with van der Waals surface area (Å²) >= 11 is 0. The Labute approximate surface area is 143 Å². The van der Waals surface area contributed by atoms with Gasteiger partial charge in [0.25, 0.3) is 0 Å². The van der Waals surface area contributed by atoms with Gasteiger partial charge < -0.3 is 18.6 Å². The molecule has 130 valence electrons. The van der Waals surface area contributed by atoms with E-state index in [1.807, 2.05) is 0 Å². The van der Waals surface area contributed by atoms with Gasteiger partial charge in [-0.1, -0.05) is 18.2 Å². The third-order valence-electron chi connectivity index (χ3n) is 3.88. The van der Waals surface area contributed by atoms with Crippen LogP contribution in [0.5, 0.6) is 11.5 Å². The van der Waals surface area contributed by atoms with Crippen molar-refractivity contribution in [2.24, 2.45) is 0 Å². The smallest absolute Gasteiger partial charge is 0.343 e. The Bertz CT molecular complexity index is 881. The number of benzene rings is 1. The summed E-state index contributed by atoms with van der Waals surface area (Å²) in [5.74, 6) is -0.635. The molecule has 25 heavy (non-hydrogen) atoms. The maximum atomic E-state index is 12.3. The van der Waals surface area contributed by atoms with Gasteiger partial charge in [-0.15, -0.1) is 0 Å². The zero-order valence-corrected chi connectivity index (χ0v) is 13.7. The molecular weight excluding hydrogens is 328 g/mol. The first-order valence-electron chi connectivity index (χ1n) is 7.63. The second-order valence-corrected chi connectivity index (χ2v) is 5.56.